The lowest BCUT2D eigenvalue weighted by Crippen LogP contribution is -2.07. The maximum absolute atomic E-state index is 13.8. The van der Waals surface area contributed by atoms with Gasteiger partial charge >= 0.3 is 0 Å². The molecule has 1 aromatic heterocycles. The molecule has 3 rings (SSSR count). The minimum Gasteiger partial charge on any atom is -0.488 e. The van der Waals surface area contributed by atoms with Crippen molar-refractivity contribution in [2.24, 2.45) is 0 Å². The van der Waals surface area contributed by atoms with Gasteiger partial charge in [-0.1, -0.05) is 36.4 Å². The molecule has 35 heavy (non-hydrogen) atoms. The highest BCUT2D eigenvalue weighted by molar-refractivity contribution is 6.25. The molecule has 1 aromatic carbocycles. The molecular formula is C27H26ClFN4O2. The summed E-state index contributed by atoms with van der Waals surface area (Å²) in [6.45, 7) is 5.55. The summed E-state index contributed by atoms with van der Waals surface area (Å²) in [5.74, 6) is 0.405. The first-order chi connectivity index (χ1) is 17.0. The van der Waals surface area contributed by atoms with E-state index in [1.165, 1.54) is 30.1 Å². The van der Waals surface area contributed by atoms with Gasteiger partial charge in [0, 0.05) is 22.3 Å². The van der Waals surface area contributed by atoms with Crippen LogP contribution in [0.5, 0.6) is 0 Å². The number of hydrogen-bond acceptors (Lipinski definition) is 5. The minimum atomic E-state index is -0.307. The second-order valence-electron chi connectivity index (χ2n) is 7.45. The lowest BCUT2D eigenvalue weighted by Gasteiger charge is -2.12. The van der Waals surface area contributed by atoms with E-state index in [0.717, 1.165) is 16.7 Å². The maximum atomic E-state index is 13.8. The topological polar surface area (TPSA) is 76.1 Å². The Morgan fingerprint density at radius 2 is 2.11 bits per heavy atom. The highest BCUT2D eigenvalue weighted by Crippen LogP contribution is 2.24. The van der Waals surface area contributed by atoms with Crippen LogP contribution in [0.1, 0.15) is 19.8 Å². The van der Waals surface area contributed by atoms with Crippen molar-refractivity contribution in [3.8, 4) is 0 Å². The van der Waals surface area contributed by atoms with Gasteiger partial charge in [0.2, 0.25) is 5.91 Å². The van der Waals surface area contributed by atoms with E-state index in [0.29, 0.717) is 35.6 Å². The fourth-order valence-corrected chi connectivity index (χ4v) is 3.30. The van der Waals surface area contributed by atoms with Crippen molar-refractivity contribution >= 4 is 39.9 Å². The molecule has 1 amide bonds. The number of amides is 1. The molecule has 0 radical (unpaired) electrons. The van der Waals surface area contributed by atoms with Gasteiger partial charge in [-0.25, -0.2) is 14.4 Å². The molecule has 6 nitrogen and oxygen atoms in total. The number of nitrogens with zero attached hydrogens (tertiary/aromatic N) is 2. The molecule has 0 aliphatic heterocycles. The van der Waals surface area contributed by atoms with Gasteiger partial charge in [-0.3, -0.25) is 4.79 Å². The smallest absolute Gasteiger partial charge is 0.247 e. The third-order valence-corrected chi connectivity index (χ3v) is 5.17. The Balaban J connectivity index is 1.72. The van der Waals surface area contributed by atoms with E-state index < -0.39 is 0 Å². The summed E-state index contributed by atoms with van der Waals surface area (Å²) in [4.78, 5) is 20.3. The van der Waals surface area contributed by atoms with Crippen LogP contribution in [0.25, 0.3) is 10.9 Å². The molecule has 1 aliphatic rings. The molecule has 8 heteroatoms. The Morgan fingerprint density at radius 1 is 1.26 bits per heavy atom. The Hall–Kier alpha value is -3.97. The van der Waals surface area contributed by atoms with Crippen molar-refractivity contribution in [3.05, 3.63) is 108 Å². The summed E-state index contributed by atoms with van der Waals surface area (Å²) < 4.78 is 19.6. The Kier molecular flexibility index (Phi) is 9.57. The number of rotatable bonds is 9. The Bertz CT molecular complexity index is 1280. The van der Waals surface area contributed by atoms with Gasteiger partial charge in [0.05, 0.1) is 5.52 Å². The van der Waals surface area contributed by atoms with Crippen LogP contribution < -0.4 is 10.6 Å². The predicted octanol–water partition coefficient (Wildman–Crippen LogP) is 6.85. The van der Waals surface area contributed by atoms with Gasteiger partial charge in [0.1, 0.15) is 30.3 Å². The number of carbonyl (C=O) groups is 1. The number of allylic oxidation sites excluding steroid dienone is 8. The molecular weight excluding hydrogens is 467 g/mol. The largest absolute Gasteiger partial charge is 0.488 e. The number of carbonyl (C=O) groups excluding carboxylic acids is 1. The average Bonchev–Trinajstić information content (AvgIpc) is 2.86. The lowest BCUT2D eigenvalue weighted by atomic mass is 10.1. The predicted molar refractivity (Wildman–Crippen MR) is 140 cm³/mol. The van der Waals surface area contributed by atoms with E-state index in [-0.39, 0.29) is 18.3 Å². The number of hydrogen-bond donors (Lipinski definition) is 2. The fourth-order valence-electron chi connectivity index (χ4n) is 3.16. The quantitative estimate of drug-likeness (QED) is 0.173. The van der Waals surface area contributed by atoms with Crippen LogP contribution in [0.4, 0.5) is 15.9 Å². The molecule has 0 fully saturated rings. The lowest BCUT2D eigenvalue weighted by molar-refractivity contribution is -0.111. The first-order valence-corrected chi connectivity index (χ1v) is 11.4. The van der Waals surface area contributed by atoms with Crippen molar-refractivity contribution in [1.82, 2.24) is 9.97 Å². The first-order valence-electron chi connectivity index (χ1n) is 10.9. The molecule has 0 unspecified atom stereocenters. The molecule has 1 aliphatic carbocycles. The minimum absolute atomic E-state index is 0.211. The average molecular weight is 493 g/mol. The highest BCUT2D eigenvalue weighted by atomic mass is 35.5. The third kappa shape index (κ3) is 7.79. The summed E-state index contributed by atoms with van der Waals surface area (Å²) >= 11 is 5.95. The van der Waals surface area contributed by atoms with Gasteiger partial charge in [0.15, 0.2) is 0 Å². The van der Waals surface area contributed by atoms with Gasteiger partial charge in [-0.2, -0.15) is 0 Å². The van der Waals surface area contributed by atoms with Crippen molar-refractivity contribution in [2.75, 3.05) is 17.2 Å². The third-order valence-electron chi connectivity index (χ3n) is 4.96. The second-order valence-corrected chi connectivity index (χ2v) is 7.67. The molecule has 0 saturated heterocycles. The van der Waals surface area contributed by atoms with Gasteiger partial charge in [0.25, 0.3) is 0 Å². The van der Waals surface area contributed by atoms with E-state index in [4.69, 9.17) is 16.3 Å². The van der Waals surface area contributed by atoms with Gasteiger partial charge < -0.3 is 15.4 Å². The van der Waals surface area contributed by atoms with E-state index in [1.807, 2.05) is 25.2 Å². The van der Waals surface area contributed by atoms with Crippen molar-refractivity contribution < 1.29 is 13.9 Å². The summed E-state index contributed by atoms with van der Waals surface area (Å²) in [5, 5.41) is 6.72. The first kappa shape index (κ1) is 25.6. The van der Waals surface area contributed by atoms with E-state index in [9.17, 15) is 9.18 Å². The SMILES string of the molecule is C=CC(=O)Nc1ccc2ncnc(NC(/C=C\C(=C\Cl)OC/C3=C/C(F)=C\CC=CC3)=C/C)c2c1. The zero-order chi connectivity index (χ0) is 25.0. The fraction of sp³-hybridized carbons (Fsp3) is 0.148. The zero-order valence-electron chi connectivity index (χ0n) is 19.3. The number of anilines is 2. The molecule has 0 spiro atoms. The van der Waals surface area contributed by atoms with Crippen LogP contribution in [-0.4, -0.2) is 22.5 Å². The van der Waals surface area contributed by atoms with E-state index in [2.05, 4.69) is 27.2 Å². The van der Waals surface area contributed by atoms with Crippen LogP contribution in [0.3, 0.4) is 0 Å². The molecule has 0 saturated carbocycles. The second kappa shape index (κ2) is 13.1. The van der Waals surface area contributed by atoms with Crippen LogP contribution in [0, 0.1) is 0 Å². The number of aromatic nitrogens is 2. The number of benzene rings is 1. The van der Waals surface area contributed by atoms with Crippen molar-refractivity contribution in [1.29, 1.82) is 0 Å². The van der Waals surface area contributed by atoms with Gasteiger partial charge in [-0.05, 0) is 73.9 Å². The van der Waals surface area contributed by atoms with Crippen LogP contribution >= 0.6 is 11.6 Å². The molecule has 2 aromatic rings. The van der Waals surface area contributed by atoms with Crippen LogP contribution in [0.2, 0.25) is 0 Å². The number of halogens is 2. The maximum Gasteiger partial charge on any atom is 0.247 e. The van der Waals surface area contributed by atoms with Gasteiger partial charge in [-0.15, -0.1) is 0 Å². The zero-order valence-corrected chi connectivity index (χ0v) is 20.1. The standard InChI is InChI=1S/C27H26ClFN4O2/c1-3-21(10-12-23(16-28)35-17-19-8-6-5-7-9-20(29)14-19)33-27-24-15-22(32-26(34)4-2)11-13-25(24)30-18-31-27/h3-6,9-16,18H,2,7-8,17H2,1H3,(H,32,34)(H,30,31,33)/b6-5?,12-10-,19-14+,20-9+,21-3+,23-16-. The number of ether oxygens (including phenoxy) is 1. The van der Waals surface area contributed by atoms with Crippen LogP contribution in [0.15, 0.2) is 108 Å². The summed E-state index contributed by atoms with van der Waals surface area (Å²) in [6.07, 6.45) is 16.1. The van der Waals surface area contributed by atoms with E-state index in [1.54, 1.807) is 30.4 Å². The van der Waals surface area contributed by atoms with Crippen molar-refractivity contribution in [2.45, 2.75) is 19.8 Å². The number of nitrogens with one attached hydrogen (secondary N) is 2. The normalized spacial score (nSPS) is 17.7. The summed E-state index contributed by atoms with van der Waals surface area (Å²) in [6, 6.07) is 5.34. The summed E-state index contributed by atoms with van der Waals surface area (Å²) in [5.41, 5.74) is 4.17. The van der Waals surface area contributed by atoms with Crippen LogP contribution in [-0.2, 0) is 9.53 Å². The number of fused-ring (bicyclic) bond motifs is 1. The van der Waals surface area contributed by atoms with E-state index >= 15 is 0 Å². The molecule has 0 atom stereocenters. The monoisotopic (exact) mass is 492 g/mol. The molecule has 2 N–H and O–H groups in total. The Morgan fingerprint density at radius 3 is 2.89 bits per heavy atom. The van der Waals surface area contributed by atoms with Crippen molar-refractivity contribution in [3.63, 3.8) is 0 Å². The molecule has 0 bridgehead atoms. The summed E-state index contributed by atoms with van der Waals surface area (Å²) in [7, 11) is 0. The molecule has 180 valence electrons. The molecule has 1 heterocycles. The Labute approximate surface area is 208 Å². The highest BCUT2D eigenvalue weighted by Gasteiger charge is 2.08.